The van der Waals surface area contributed by atoms with Crippen LogP contribution in [0.4, 0.5) is 10.5 Å². The lowest BCUT2D eigenvalue weighted by molar-refractivity contribution is -0.122. The number of urea groups is 1. The lowest BCUT2D eigenvalue weighted by atomic mass is 10.2. The Morgan fingerprint density at radius 3 is 2.54 bits per heavy atom. The van der Waals surface area contributed by atoms with Crippen molar-refractivity contribution in [2.24, 2.45) is 0 Å². The Morgan fingerprint density at radius 2 is 1.92 bits per heavy atom. The van der Waals surface area contributed by atoms with Gasteiger partial charge in [-0.2, -0.15) is 0 Å². The second-order valence-electron chi connectivity index (χ2n) is 6.49. The van der Waals surface area contributed by atoms with Gasteiger partial charge >= 0.3 is 6.03 Å². The van der Waals surface area contributed by atoms with E-state index in [1.54, 1.807) is 4.90 Å². The molecule has 1 aromatic rings. The molecule has 130 valence electrons. The molecule has 7 heteroatoms. The summed E-state index contributed by atoms with van der Waals surface area (Å²) in [5.74, 6) is 0.0980. The van der Waals surface area contributed by atoms with E-state index in [0.717, 1.165) is 41.7 Å². The number of anilines is 1. The maximum atomic E-state index is 12.4. The van der Waals surface area contributed by atoms with E-state index in [2.05, 4.69) is 31.5 Å². The molecule has 6 nitrogen and oxygen atoms in total. The molecule has 0 radical (unpaired) electrons. The number of hydrogen-bond donors (Lipinski definition) is 2. The number of hydrogen-bond acceptors (Lipinski definition) is 3. The van der Waals surface area contributed by atoms with E-state index in [-0.39, 0.29) is 11.9 Å². The van der Waals surface area contributed by atoms with Crippen LogP contribution in [0.5, 0.6) is 0 Å². The van der Waals surface area contributed by atoms with Crippen molar-refractivity contribution in [2.75, 3.05) is 38.0 Å². The van der Waals surface area contributed by atoms with Crippen molar-refractivity contribution in [1.82, 2.24) is 15.1 Å². The predicted octanol–water partition coefficient (Wildman–Crippen LogP) is 2.19. The Morgan fingerprint density at radius 1 is 1.21 bits per heavy atom. The molecular formula is C17H23BrN4O2. The largest absolute Gasteiger partial charge is 0.352 e. The van der Waals surface area contributed by atoms with Gasteiger partial charge in [0.15, 0.2) is 0 Å². The molecule has 0 aromatic heterocycles. The number of nitrogens with zero attached hydrogens (tertiary/aromatic N) is 2. The van der Waals surface area contributed by atoms with E-state index in [9.17, 15) is 9.59 Å². The third-order valence-electron chi connectivity index (χ3n) is 4.40. The topological polar surface area (TPSA) is 64.7 Å². The summed E-state index contributed by atoms with van der Waals surface area (Å²) in [6, 6.07) is 6.11. The highest BCUT2D eigenvalue weighted by Crippen LogP contribution is 2.21. The van der Waals surface area contributed by atoms with Crippen LogP contribution in [0, 0.1) is 6.92 Å². The van der Waals surface area contributed by atoms with Crippen LogP contribution in [0.3, 0.4) is 0 Å². The van der Waals surface area contributed by atoms with Crippen molar-refractivity contribution in [3.63, 3.8) is 0 Å². The third-order valence-corrected chi connectivity index (χ3v) is 4.89. The van der Waals surface area contributed by atoms with Gasteiger partial charge in [-0.05, 0) is 43.5 Å². The van der Waals surface area contributed by atoms with Crippen molar-refractivity contribution >= 4 is 33.6 Å². The zero-order valence-electron chi connectivity index (χ0n) is 13.8. The van der Waals surface area contributed by atoms with Gasteiger partial charge in [0.25, 0.3) is 0 Å². The summed E-state index contributed by atoms with van der Waals surface area (Å²) in [7, 11) is 0. The molecule has 0 spiro atoms. The van der Waals surface area contributed by atoms with Crippen LogP contribution in [0.15, 0.2) is 22.7 Å². The average molecular weight is 395 g/mol. The molecule has 24 heavy (non-hydrogen) atoms. The fourth-order valence-corrected chi connectivity index (χ4v) is 3.25. The lowest BCUT2D eigenvalue weighted by Crippen LogP contribution is -2.52. The van der Waals surface area contributed by atoms with Crippen LogP contribution in [0.2, 0.25) is 0 Å². The predicted molar refractivity (Wildman–Crippen MR) is 97.1 cm³/mol. The first kappa shape index (κ1) is 17.2. The molecule has 2 aliphatic rings. The Balaban J connectivity index is 1.45. The van der Waals surface area contributed by atoms with Crippen LogP contribution in [-0.2, 0) is 4.79 Å². The molecule has 1 saturated heterocycles. The zero-order chi connectivity index (χ0) is 17.1. The molecule has 1 aromatic carbocycles. The van der Waals surface area contributed by atoms with E-state index in [0.29, 0.717) is 25.7 Å². The number of rotatable bonds is 4. The van der Waals surface area contributed by atoms with Gasteiger partial charge in [0, 0.05) is 42.4 Å². The molecule has 3 rings (SSSR count). The molecule has 0 unspecified atom stereocenters. The van der Waals surface area contributed by atoms with E-state index >= 15 is 0 Å². The number of carbonyl (C=O) groups excluding carboxylic acids is 2. The minimum Gasteiger partial charge on any atom is -0.352 e. The van der Waals surface area contributed by atoms with Crippen LogP contribution >= 0.6 is 15.9 Å². The SMILES string of the molecule is Cc1cc(Br)ccc1NC(=O)N1CCN(CC(=O)NC2CC2)CC1. The molecule has 2 N–H and O–H groups in total. The van der Waals surface area contributed by atoms with Gasteiger partial charge in [0.2, 0.25) is 5.91 Å². The first-order valence-corrected chi connectivity index (χ1v) is 9.14. The van der Waals surface area contributed by atoms with Gasteiger partial charge in [-0.25, -0.2) is 4.79 Å². The highest BCUT2D eigenvalue weighted by Gasteiger charge is 2.26. The van der Waals surface area contributed by atoms with Crippen molar-refractivity contribution in [2.45, 2.75) is 25.8 Å². The summed E-state index contributed by atoms with van der Waals surface area (Å²) in [4.78, 5) is 28.1. The average Bonchev–Trinajstić information content (AvgIpc) is 3.34. The maximum absolute atomic E-state index is 12.4. The molecule has 1 heterocycles. The number of amides is 3. The first-order chi connectivity index (χ1) is 11.5. The molecule has 3 amide bonds. The summed E-state index contributed by atoms with van der Waals surface area (Å²) in [6.45, 7) is 5.13. The quantitative estimate of drug-likeness (QED) is 0.822. The fourth-order valence-electron chi connectivity index (χ4n) is 2.77. The van der Waals surface area contributed by atoms with Crippen molar-refractivity contribution < 1.29 is 9.59 Å². The second-order valence-corrected chi connectivity index (χ2v) is 7.41. The van der Waals surface area contributed by atoms with Crippen LogP contribution in [0.25, 0.3) is 0 Å². The number of halogens is 1. The van der Waals surface area contributed by atoms with Gasteiger partial charge in [-0.1, -0.05) is 15.9 Å². The summed E-state index contributed by atoms with van der Waals surface area (Å²) in [5, 5.41) is 5.97. The van der Waals surface area contributed by atoms with Crippen LogP contribution < -0.4 is 10.6 Å². The molecule has 1 aliphatic heterocycles. The molecule has 1 saturated carbocycles. The monoisotopic (exact) mass is 394 g/mol. The molecular weight excluding hydrogens is 372 g/mol. The number of aryl methyl sites for hydroxylation is 1. The highest BCUT2D eigenvalue weighted by atomic mass is 79.9. The van der Waals surface area contributed by atoms with E-state index < -0.39 is 0 Å². The normalized spacial score (nSPS) is 18.3. The van der Waals surface area contributed by atoms with Gasteiger partial charge in [0.1, 0.15) is 0 Å². The molecule has 2 fully saturated rings. The number of nitrogens with one attached hydrogen (secondary N) is 2. The summed E-state index contributed by atoms with van der Waals surface area (Å²) in [6.07, 6.45) is 2.21. The minimum absolute atomic E-state index is 0.0810. The number of piperazine rings is 1. The van der Waals surface area contributed by atoms with Crippen molar-refractivity contribution in [3.05, 3.63) is 28.2 Å². The standard InChI is InChI=1S/C17H23BrN4O2/c1-12-10-13(18)2-5-15(12)20-17(24)22-8-6-21(7-9-22)11-16(23)19-14-3-4-14/h2,5,10,14H,3-4,6-9,11H2,1H3,(H,19,23)(H,20,24). The van der Waals surface area contributed by atoms with Gasteiger partial charge in [-0.3, -0.25) is 9.69 Å². The van der Waals surface area contributed by atoms with E-state index in [1.807, 2.05) is 25.1 Å². The summed E-state index contributed by atoms with van der Waals surface area (Å²) >= 11 is 3.42. The second kappa shape index (κ2) is 7.53. The first-order valence-electron chi connectivity index (χ1n) is 8.35. The van der Waals surface area contributed by atoms with Crippen LogP contribution in [0.1, 0.15) is 18.4 Å². The Bertz CT molecular complexity index is 625. The van der Waals surface area contributed by atoms with Crippen molar-refractivity contribution in [3.8, 4) is 0 Å². The highest BCUT2D eigenvalue weighted by molar-refractivity contribution is 9.10. The molecule has 0 atom stereocenters. The van der Waals surface area contributed by atoms with E-state index in [4.69, 9.17) is 0 Å². The summed E-state index contributed by atoms with van der Waals surface area (Å²) < 4.78 is 0.996. The van der Waals surface area contributed by atoms with Crippen LogP contribution in [-0.4, -0.2) is 60.5 Å². The molecule has 1 aliphatic carbocycles. The zero-order valence-corrected chi connectivity index (χ0v) is 15.4. The fraction of sp³-hybridized carbons (Fsp3) is 0.529. The Labute approximate surface area is 150 Å². The Kier molecular flexibility index (Phi) is 5.40. The maximum Gasteiger partial charge on any atom is 0.321 e. The van der Waals surface area contributed by atoms with Crippen molar-refractivity contribution in [1.29, 1.82) is 0 Å². The summed E-state index contributed by atoms with van der Waals surface area (Å²) in [5.41, 5.74) is 1.85. The number of carbonyl (C=O) groups is 2. The minimum atomic E-state index is -0.0810. The number of benzene rings is 1. The molecule has 0 bridgehead atoms. The van der Waals surface area contributed by atoms with Gasteiger partial charge in [-0.15, -0.1) is 0 Å². The Hall–Kier alpha value is -1.60. The van der Waals surface area contributed by atoms with Gasteiger partial charge in [0.05, 0.1) is 6.54 Å². The lowest BCUT2D eigenvalue weighted by Gasteiger charge is -2.34. The van der Waals surface area contributed by atoms with E-state index in [1.165, 1.54) is 0 Å². The smallest absolute Gasteiger partial charge is 0.321 e. The third kappa shape index (κ3) is 4.70. The van der Waals surface area contributed by atoms with Gasteiger partial charge < -0.3 is 15.5 Å².